The molecule has 2 heterocycles. The van der Waals surface area contributed by atoms with Crippen LogP contribution in [0.2, 0.25) is 0 Å². The Bertz CT molecular complexity index is 5930. The first-order valence-corrected chi connectivity index (χ1v) is 28.2. The third kappa shape index (κ3) is 6.95. The largest absolute Gasteiger partial charge is 0.454 e. The van der Waals surface area contributed by atoms with Crippen LogP contribution in [0.3, 0.4) is 0 Å². The van der Waals surface area contributed by atoms with Gasteiger partial charge in [-0.25, -0.2) is 0 Å². The lowest BCUT2D eigenvalue weighted by atomic mass is 9.77. The minimum absolute atomic E-state index is 0.0535. The van der Waals surface area contributed by atoms with Crippen molar-refractivity contribution in [2.75, 3.05) is 9.80 Å². The topological polar surface area (TPSA) is 32.8 Å². The van der Waals surface area contributed by atoms with Gasteiger partial charge in [0.1, 0.15) is 11.2 Å². The van der Waals surface area contributed by atoms with Crippen LogP contribution in [0.25, 0.3) is 110 Å². The van der Waals surface area contributed by atoms with Crippen molar-refractivity contribution in [1.29, 1.82) is 0 Å². The van der Waals surface area contributed by atoms with E-state index in [1.807, 2.05) is 108 Å². The summed E-state index contributed by atoms with van der Waals surface area (Å²) < 4.78 is 121. The van der Waals surface area contributed by atoms with Gasteiger partial charge in [-0.2, -0.15) is 0 Å². The van der Waals surface area contributed by atoms with E-state index in [9.17, 15) is 5.48 Å². The molecule has 0 bridgehead atoms. The fraction of sp³-hybridized carbons (Fsp3) is 0.0750. The number of benzene rings is 13. The summed E-state index contributed by atoms with van der Waals surface area (Å²) in [6.45, 7) is 9.04. The fourth-order valence-corrected chi connectivity index (χ4v) is 13.9. The van der Waals surface area contributed by atoms with E-state index < -0.39 is 47.1 Å². The number of hydrogen-bond donors (Lipinski definition) is 0. The van der Waals surface area contributed by atoms with Crippen LogP contribution in [0.4, 0.5) is 34.1 Å². The molecule has 4 nitrogen and oxygen atoms in total. The van der Waals surface area contributed by atoms with Gasteiger partial charge in [-0.1, -0.05) is 234 Å². The van der Waals surface area contributed by atoms with Crippen molar-refractivity contribution in [3.8, 4) is 44.5 Å². The van der Waals surface area contributed by atoms with Crippen molar-refractivity contribution in [3.05, 3.63) is 289 Å². The number of nitrogens with zero attached hydrogens (tertiary/aromatic N) is 2. The van der Waals surface area contributed by atoms with Gasteiger partial charge >= 0.3 is 0 Å². The second kappa shape index (κ2) is 18.0. The summed E-state index contributed by atoms with van der Waals surface area (Å²) in [5, 5.41) is 7.05. The lowest BCUT2D eigenvalue weighted by Crippen LogP contribution is -2.20. The first kappa shape index (κ1) is 37.6. The molecule has 0 aliphatic heterocycles. The van der Waals surface area contributed by atoms with E-state index in [4.69, 9.17) is 19.8 Å². The molecule has 398 valence electrons. The first-order valence-electron chi connectivity index (χ1n) is 34.2. The highest BCUT2D eigenvalue weighted by molar-refractivity contribution is 6.22. The maximum absolute atomic E-state index is 9.37. The van der Waals surface area contributed by atoms with Gasteiger partial charge < -0.3 is 18.6 Å². The van der Waals surface area contributed by atoms with Gasteiger partial charge in [-0.15, -0.1) is 0 Å². The number of para-hydroxylation sites is 6. The Morgan fingerprint density at radius 2 is 0.845 bits per heavy atom. The molecule has 2 aromatic heterocycles. The Hall–Kier alpha value is -10.4. The van der Waals surface area contributed by atoms with Crippen LogP contribution in [0.5, 0.6) is 0 Å². The van der Waals surface area contributed by atoms with Gasteiger partial charge in [0.2, 0.25) is 0 Å². The van der Waals surface area contributed by atoms with Crippen LogP contribution >= 0.6 is 0 Å². The molecule has 13 aromatic carbocycles. The smallest absolute Gasteiger partial charge is 0.159 e. The molecule has 0 atom stereocenters. The van der Waals surface area contributed by atoms with E-state index in [1.54, 1.807) is 24.3 Å². The minimum Gasteiger partial charge on any atom is -0.454 e. The molecule has 0 saturated heterocycles. The molecule has 0 unspecified atom stereocenters. The molecule has 0 N–H and O–H groups in total. The average Bonchev–Trinajstić information content (AvgIpc) is 1.51. The van der Waals surface area contributed by atoms with E-state index >= 15 is 0 Å². The van der Waals surface area contributed by atoms with E-state index in [-0.39, 0.29) is 47.4 Å². The highest BCUT2D eigenvalue weighted by Gasteiger charge is 2.44. The van der Waals surface area contributed by atoms with Crippen LogP contribution in [-0.2, 0) is 10.8 Å². The first-order chi connectivity index (χ1) is 46.2. The summed E-state index contributed by atoms with van der Waals surface area (Å²) in [7, 11) is 0. The maximum atomic E-state index is 9.37. The van der Waals surface area contributed by atoms with E-state index in [0.29, 0.717) is 56.2 Å². The number of anilines is 6. The monoisotopic (exact) mass is 1090 g/mol. The molecule has 15 aromatic rings. The van der Waals surface area contributed by atoms with Gasteiger partial charge in [0.15, 0.2) is 11.2 Å². The van der Waals surface area contributed by atoms with Crippen LogP contribution < -0.4 is 9.80 Å². The Kier molecular flexibility index (Phi) is 8.07. The van der Waals surface area contributed by atoms with Gasteiger partial charge in [0.05, 0.1) is 44.9 Å². The summed E-state index contributed by atoms with van der Waals surface area (Å²) >= 11 is 0. The SMILES string of the molecule is [2H]c1c([2H])c([2H])c(-c2ccccc2N(c2ccc3c(c2)C(C)(C)c2cc4c(cc2-3)-c2c(cc(N(c3ccccc3-c3c([2H])c([2H])c([2H])c([2H])c3[2H])c3cccc5c3oc3c([2H])cccc35)c3ccc5ccccc5c23)C4(C)C)c2cccc3c2oc2c([2H])cccc23)c([2H])c1[2H]. The fourth-order valence-electron chi connectivity index (χ4n) is 13.9. The standard InChI is InChI=1S/C80H56N2O2/c1-79(2)64-45-52(81(68-35-17-13-28-53(68)49-23-7-5-8-24-49)70-37-21-33-59-57-31-15-19-39-73(57)83-77(59)70)42-44-56(64)62-46-63-66(47-65(62)79)80(3,4)67-48-72(61-43-41-51-27-11-12-30-55(51)75(61)76(63)67)82(69-36-18-14-29-54(69)50-25-9-6-10-26-50)71-38-22-34-60-58-32-16-20-40-74(58)84-78(60)71/h5-48H,1-4H3/i5D,6D,7D,8D,9D,10D,23D,24D,25D,26D,39D,40D. The number of rotatable bonds is 8. The van der Waals surface area contributed by atoms with Crippen molar-refractivity contribution in [1.82, 2.24) is 0 Å². The zero-order valence-electron chi connectivity index (χ0n) is 58.2. The average molecular weight is 1090 g/mol. The highest BCUT2D eigenvalue weighted by atomic mass is 16.3. The lowest BCUT2D eigenvalue weighted by Gasteiger charge is -2.31. The van der Waals surface area contributed by atoms with Crippen molar-refractivity contribution >= 4 is 99.5 Å². The molecule has 0 saturated carbocycles. The van der Waals surface area contributed by atoms with Crippen molar-refractivity contribution in [3.63, 3.8) is 0 Å². The van der Waals surface area contributed by atoms with Crippen LogP contribution in [-0.4, -0.2) is 0 Å². The molecule has 2 aliphatic rings. The summed E-state index contributed by atoms with van der Waals surface area (Å²) in [6, 6.07) is 60.2. The van der Waals surface area contributed by atoms with E-state index in [1.165, 1.54) is 0 Å². The van der Waals surface area contributed by atoms with Crippen LogP contribution in [0.15, 0.2) is 275 Å². The molecular formula is C80H56N2O2. The number of fused-ring (bicyclic) bond motifs is 16. The molecule has 0 fully saturated rings. The maximum Gasteiger partial charge on any atom is 0.159 e. The van der Waals surface area contributed by atoms with Gasteiger partial charge in [-0.3, -0.25) is 0 Å². The van der Waals surface area contributed by atoms with Gasteiger partial charge in [0, 0.05) is 54.6 Å². The normalized spacial score (nSPS) is 15.7. The lowest BCUT2D eigenvalue weighted by molar-refractivity contribution is 0.639. The molecule has 4 heteroatoms. The predicted molar refractivity (Wildman–Crippen MR) is 351 cm³/mol. The molecule has 0 amide bonds. The predicted octanol–water partition coefficient (Wildman–Crippen LogP) is 22.7. The third-order valence-electron chi connectivity index (χ3n) is 17.8. The Labute approximate surface area is 504 Å². The second-order valence-electron chi connectivity index (χ2n) is 23.0. The van der Waals surface area contributed by atoms with Gasteiger partial charge in [0.25, 0.3) is 0 Å². The van der Waals surface area contributed by atoms with E-state index in [0.717, 1.165) is 99.0 Å². The van der Waals surface area contributed by atoms with Crippen molar-refractivity contribution in [2.45, 2.75) is 38.5 Å². The van der Waals surface area contributed by atoms with Crippen molar-refractivity contribution in [2.24, 2.45) is 0 Å². The summed E-state index contributed by atoms with van der Waals surface area (Å²) in [4.78, 5) is 4.16. The molecule has 2 aliphatic carbocycles. The second-order valence-corrected chi connectivity index (χ2v) is 23.0. The Morgan fingerprint density at radius 3 is 1.50 bits per heavy atom. The van der Waals surface area contributed by atoms with Gasteiger partial charge in [-0.05, 0) is 132 Å². The van der Waals surface area contributed by atoms with E-state index in [2.05, 4.69) is 99.3 Å². The molecular weight excluding hydrogens is 1020 g/mol. The Balaban J connectivity index is 0.905. The zero-order valence-corrected chi connectivity index (χ0v) is 46.2. The van der Waals surface area contributed by atoms with Crippen LogP contribution in [0.1, 0.15) is 66.4 Å². The zero-order chi connectivity index (χ0) is 66.4. The Morgan fingerprint density at radius 1 is 0.333 bits per heavy atom. The quantitative estimate of drug-likeness (QED) is 0.142. The third-order valence-corrected chi connectivity index (χ3v) is 17.8. The highest BCUT2D eigenvalue weighted by Crippen LogP contribution is 2.61. The molecule has 84 heavy (non-hydrogen) atoms. The minimum atomic E-state index is -0.659. The molecule has 17 rings (SSSR count). The van der Waals surface area contributed by atoms with Crippen molar-refractivity contribution < 1.29 is 25.3 Å². The summed E-state index contributed by atoms with van der Waals surface area (Å²) in [6.07, 6.45) is 0. The summed E-state index contributed by atoms with van der Waals surface area (Å²) in [5.74, 6) is 0. The van der Waals surface area contributed by atoms with Crippen LogP contribution in [0, 0.1) is 0 Å². The molecule has 0 spiro atoms. The molecule has 0 radical (unpaired) electrons. The number of furan rings is 2. The number of hydrogen-bond acceptors (Lipinski definition) is 4. The summed E-state index contributed by atoms with van der Waals surface area (Å²) in [5.41, 5.74) is 14.0.